The minimum Gasteiger partial charge on any atom is -0.354 e. The standard InChI is InChI=1S/C21H30N6O4/c1-13-8-9-14(24-20(30)25-15-6-2-4-10-22-18(15)28)12-17(13)27-21(31)26-16-7-3-5-11-23-19(16)29/h8-9,12,15-16H,2-7,10-11H2,1H3,(H,22,28)(H,23,29)(H2,24,25,30)(H2,26,27,31)/t15-,16+/m0/s1. The molecule has 0 radical (unpaired) electrons. The molecule has 6 N–H and O–H groups in total. The summed E-state index contributed by atoms with van der Waals surface area (Å²) in [6, 6.07) is 3.00. The third kappa shape index (κ3) is 6.59. The van der Waals surface area contributed by atoms with E-state index in [1.54, 1.807) is 18.2 Å². The highest BCUT2D eigenvalue weighted by Crippen LogP contribution is 2.20. The van der Waals surface area contributed by atoms with Crippen LogP contribution in [0, 0.1) is 6.92 Å². The fourth-order valence-electron chi connectivity index (χ4n) is 3.63. The van der Waals surface area contributed by atoms with Gasteiger partial charge in [0, 0.05) is 24.5 Å². The van der Waals surface area contributed by atoms with Gasteiger partial charge in [0.05, 0.1) is 0 Å². The van der Waals surface area contributed by atoms with Crippen LogP contribution < -0.4 is 31.9 Å². The van der Waals surface area contributed by atoms with E-state index in [2.05, 4.69) is 31.9 Å². The third-order valence-electron chi connectivity index (χ3n) is 5.42. The quantitative estimate of drug-likeness (QED) is 0.431. The molecule has 2 fully saturated rings. The Morgan fingerprint density at radius 2 is 1.39 bits per heavy atom. The van der Waals surface area contributed by atoms with Gasteiger partial charge in [-0.05, 0) is 63.1 Å². The van der Waals surface area contributed by atoms with Crippen LogP contribution in [0.1, 0.15) is 44.1 Å². The molecule has 10 heteroatoms. The van der Waals surface area contributed by atoms with Crippen LogP contribution in [0.15, 0.2) is 18.2 Å². The minimum absolute atomic E-state index is 0.181. The number of hydrogen-bond donors (Lipinski definition) is 6. The maximum atomic E-state index is 12.4. The molecule has 1 aromatic carbocycles. The fourth-order valence-corrected chi connectivity index (χ4v) is 3.63. The molecule has 2 saturated heterocycles. The molecule has 0 spiro atoms. The first-order chi connectivity index (χ1) is 14.9. The van der Waals surface area contributed by atoms with Crippen LogP contribution in [0.3, 0.4) is 0 Å². The molecule has 2 aliphatic heterocycles. The van der Waals surface area contributed by atoms with Crippen LogP contribution in [-0.4, -0.2) is 49.0 Å². The molecule has 3 rings (SSSR count). The third-order valence-corrected chi connectivity index (χ3v) is 5.42. The minimum atomic E-state index is -0.569. The predicted molar refractivity (Wildman–Crippen MR) is 117 cm³/mol. The SMILES string of the molecule is Cc1ccc(NC(=O)N[C@H]2CCCCNC2=O)cc1NC(=O)N[C@@H]1CCCCNC1=O. The van der Waals surface area contributed by atoms with E-state index in [-0.39, 0.29) is 11.8 Å². The van der Waals surface area contributed by atoms with Gasteiger partial charge in [-0.1, -0.05) is 6.07 Å². The maximum absolute atomic E-state index is 12.4. The normalized spacial score (nSPS) is 21.6. The molecule has 31 heavy (non-hydrogen) atoms. The average molecular weight is 431 g/mol. The molecule has 2 atom stereocenters. The molecular formula is C21H30N6O4. The lowest BCUT2D eigenvalue weighted by molar-refractivity contribution is -0.123. The molecule has 0 saturated carbocycles. The van der Waals surface area contributed by atoms with Gasteiger partial charge in [-0.2, -0.15) is 0 Å². The van der Waals surface area contributed by atoms with Gasteiger partial charge in [-0.3, -0.25) is 9.59 Å². The van der Waals surface area contributed by atoms with Crippen molar-refractivity contribution in [2.75, 3.05) is 23.7 Å². The van der Waals surface area contributed by atoms with Crippen LogP contribution in [-0.2, 0) is 9.59 Å². The summed E-state index contributed by atoms with van der Waals surface area (Å²) in [6.07, 6.45) is 4.68. The van der Waals surface area contributed by atoms with Gasteiger partial charge in [0.15, 0.2) is 0 Å². The Hall–Kier alpha value is -3.30. The molecule has 0 unspecified atom stereocenters. The number of hydrogen-bond acceptors (Lipinski definition) is 4. The number of benzene rings is 1. The number of anilines is 2. The first-order valence-electron chi connectivity index (χ1n) is 10.7. The molecule has 1 aromatic rings. The first-order valence-corrected chi connectivity index (χ1v) is 10.7. The zero-order valence-corrected chi connectivity index (χ0v) is 17.7. The highest BCUT2D eigenvalue weighted by molar-refractivity contribution is 5.97. The molecule has 0 aromatic heterocycles. The summed E-state index contributed by atoms with van der Waals surface area (Å²) in [7, 11) is 0. The van der Waals surface area contributed by atoms with E-state index >= 15 is 0 Å². The Labute approximate surface area is 181 Å². The van der Waals surface area contributed by atoms with Crippen molar-refractivity contribution < 1.29 is 19.2 Å². The second-order valence-electron chi connectivity index (χ2n) is 7.91. The summed E-state index contributed by atoms with van der Waals surface area (Å²) >= 11 is 0. The zero-order chi connectivity index (χ0) is 22.2. The van der Waals surface area contributed by atoms with E-state index in [1.807, 2.05) is 6.92 Å². The summed E-state index contributed by atoms with van der Waals surface area (Å²) in [4.78, 5) is 48.8. The number of rotatable bonds is 4. The average Bonchev–Trinajstić information content (AvgIpc) is 3.05. The highest BCUT2D eigenvalue weighted by Gasteiger charge is 2.23. The topological polar surface area (TPSA) is 140 Å². The maximum Gasteiger partial charge on any atom is 0.319 e. The predicted octanol–water partition coefficient (Wildman–Crippen LogP) is 1.58. The van der Waals surface area contributed by atoms with Gasteiger partial charge in [-0.15, -0.1) is 0 Å². The highest BCUT2D eigenvalue weighted by atomic mass is 16.2. The van der Waals surface area contributed by atoms with Crippen LogP contribution >= 0.6 is 0 Å². The van der Waals surface area contributed by atoms with Gasteiger partial charge < -0.3 is 31.9 Å². The molecule has 2 aliphatic rings. The van der Waals surface area contributed by atoms with Gasteiger partial charge in [-0.25, -0.2) is 9.59 Å². The number of carbonyl (C=O) groups excluding carboxylic acids is 4. The Kier molecular flexibility index (Phi) is 7.69. The summed E-state index contributed by atoms with van der Waals surface area (Å²) < 4.78 is 0. The summed E-state index contributed by atoms with van der Waals surface area (Å²) in [5.41, 5.74) is 1.78. The van der Waals surface area contributed by atoms with Crippen molar-refractivity contribution in [2.45, 2.75) is 57.5 Å². The van der Waals surface area contributed by atoms with Crippen LogP contribution in [0.2, 0.25) is 0 Å². The van der Waals surface area contributed by atoms with Crippen molar-refractivity contribution in [1.29, 1.82) is 0 Å². The van der Waals surface area contributed by atoms with E-state index in [0.29, 0.717) is 37.3 Å². The van der Waals surface area contributed by atoms with Gasteiger partial charge >= 0.3 is 12.1 Å². The number of aryl methyl sites for hydroxylation is 1. The first kappa shape index (κ1) is 22.4. The lowest BCUT2D eigenvalue weighted by atomic mass is 10.1. The van der Waals surface area contributed by atoms with Crippen molar-refractivity contribution in [3.05, 3.63) is 23.8 Å². The lowest BCUT2D eigenvalue weighted by Gasteiger charge is -2.18. The monoisotopic (exact) mass is 430 g/mol. The van der Waals surface area contributed by atoms with Crippen LogP contribution in [0.25, 0.3) is 0 Å². The Morgan fingerprint density at radius 3 is 1.97 bits per heavy atom. The van der Waals surface area contributed by atoms with E-state index in [1.165, 1.54) is 0 Å². The van der Waals surface area contributed by atoms with E-state index in [4.69, 9.17) is 0 Å². The Bertz CT molecular complexity index is 843. The number of urea groups is 2. The molecule has 2 heterocycles. The van der Waals surface area contributed by atoms with Crippen LogP contribution in [0.4, 0.5) is 21.0 Å². The number of nitrogens with one attached hydrogen (secondary N) is 6. The van der Waals surface area contributed by atoms with Crippen LogP contribution in [0.5, 0.6) is 0 Å². The molecule has 6 amide bonds. The summed E-state index contributed by atoms with van der Waals surface area (Å²) in [5, 5.41) is 16.4. The van der Waals surface area contributed by atoms with E-state index in [0.717, 1.165) is 31.2 Å². The van der Waals surface area contributed by atoms with Crippen molar-refractivity contribution in [1.82, 2.24) is 21.3 Å². The fraction of sp³-hybridized carbons (Fsp3) is 0.524. The molecule has 10 nitrogen and oxygen atoms in total. The zero-order valence-electron chi connectivity index (χ0n) is 17.7. The summed E-state index contributed by atoms with van der Waals surface area (Å²) in [5.74, 6) is -0.364. The smallest absolute Gasteiger partial charge is 0.319 e. The molecule has 0 bridgehead atoms. The van der Waals surface area contributed by atoms with Gasteiger partial charge in [0.2, 0.25) is 11.8 Å². The van der Waals surface area contributed by atoms with Gasteiger partial charge in [0.1, 0.15) is 12.1 Å². The largest absolute Gasteiger partial charge is 0.354 e. The Balaban J connectivity index is 1.57. The molecule has 168 valence electrons. The number of carbonyl (C=O) groups is 4. The van der Waals surface area contributed by atoms with Crippen molar-refractivity contribution in [2.24, 2.45) is 0 Å². The number of amides is 6. The second-order valence-corrected chi connectivity index (χ2v) is 7.91. The second kappa shape index (κ2) is 10.6. The molecular weight excluding hydrogens is 400 g/mol. The van der Waals surface area contributed by atoms with E-state index in [9.17, 15) is 19.2 Å². The van der Waals surface area contributed by atoms with Gasteiger partial charge in [0.25, 0.3) is 0 Å². The lowest BCUT2D eigenvalue weighted by Crippen LogP contribution is -2.47. The summed E-state index contributed by atoms with van der Waals surface area (Å²) in [6.45, 7) is 3.07. The van der Waals surface area contributed by atoms with Crippen molar-refractivity contribution >= 4 is 35.3 Å². The van der Waals surface area contributed by atoms with Crippen molar-refractivity contribution in [3.63, 3.8) is 0 Å². The van der Waals surface area contributed by atoms with E-state index < -0.39 is 24.1 Å². The molecule has 0 aliphatic carbocycles. The Morgan fingerprint density at radius 1 is 0.839 bits per heavy atom. The van der Waals surface area contributed by atoms with Crippen molar-refractivity contribution in [3.8, 4) is 0 Å².